The maximum Gasteiger partial charge on any atom is 0.335 e. The van der Waals surface area contributed by atoms with Crippen LogP contribution in [0.1, 0.15) is 72.5 Å². The summed E-state index contributed by atoms with van der Waals surface area (Å²) in [6.45, 7) is 3.51. The lowest BCUT2D eigenvalue weighted by Crippen LogP contribution is -2.48. The molecule has 1 N–H and O–H groups in total. The number of likely N-dealkylation sites (tertiary alicyclic amines) is 1. The Balaban J connectivity index is 1.26. The monoisotopic (exact) mass is 461 g/mol. The van der Waals surface area contributed by atoms with E-state index in [1.54, 1.807) is 12.1 Å². The molecule has 6 nitrogen and oxygen atoms in total. The maximum absolute atomic E-state index is 13.7. The van der Waals surface area contributed by atoms with Gasteiger partial charge in [-0.3, -0.25) is 4.90 Å². The van der Waals surface area contributed by atoms with Gasteiger partial charge in [-0.25, -0.2) is 9.59 Å². The number of benzene rings is 2. The van der Waals surface area contributed by atoms with Gasteiger partial charge >= 0.3 is 12.0 Å². The Bertz CT molecular complexity index is 980. The van der Waals surface area contributed by atoms with Gasteiger partial charge in [0, 0.05) is 38.3 Å². The van der Waals surface area contributed by atoms with E-state index in [1.165, 1.54) is 24.8 Å². The first-order valence-electron chi connectivity index (χ1n) is 12.8. The van der Waals surface area contributed by atoms with E-state index in [1.807, 2.05) is 18.2 Å². The number of carboxylic acids is 1. The number of carboxylic acid groups (broad SMARTS) is 1. The Kier molecular flexibility index (Phi) is 6.86. The molecule has 2 heterocycles. The molecule has 3 aliphatic rings. The second-order valence-corrected chi connectivity index (χ2v) is 10.1. The van der Waals surface area contributed by atoms with Crippen LogP contribution < -0.4 is 0 Å². The van der Waals surface area contributed by atoms with E-state index < -0.39 is 5.97 Å². The molecule has 3 fully saturated rings. The largest absolute Gasteiger partial charge is 0.478 e. The lowest BCUT2D eigenvalue weighted by molar-refractivity contribution is 0.0696. The summed E-state index contributed by atoms with van der Waals surface area (Å²) < 4.78 is 0. The molecule has 34 heavy (non-hydrogen) atoms. The number of carbonyl (C=O) groups is 2. The van der Waals surface area contributed by atoms with Gasteiger partial charge in [-0.15, -0.1) is 0 Å². The zero-order chi connectivity index (χ0) is 23.5. The van der Waals surface area contributed by atoms with Crippen molar-refractivity contribution in [3.8, 4) is 0 Å². The summed E-state index contributed by atoms with van der Waals surface area (Å²) in [6, 6.07) is 18.8. The van der Waals surface area contributed by atoms with E-state index >= 15 is 0 Å². The smallest absolute Gasteiger partial charge is 0.335 e. The summed E-state index contributed by atoms with van der Waals surface area (Å²) in [5.41, 5.74) is 2.70. The van der Waals surface area contributed by atoms with Gasteiger partial charge in [-0.1, -0.05) is 61.7 Å². The number of rotatable bonds is 6. The third-order valence-corrected chi connectivity index (χ3v) is 7.93. The molecule has 1 saturated carbocycles. The van der Waals surface area contributed by atoms with Crippen LogP contribution in [-0.4, -0.2) is 63.5 Å². The van der Waals surface area contributed by atoms with Crippen molar-refractivity contribution in [2.45, 2.75) is 69.6 Å². The van der Waals surface area contributed by atoms with Gasteiger partial charge in [0.25, 0.3) is 0 Å². The van der Waals surface area contributed by atoms with Crippen LogP contribution in [0, 0.1) is 0 Å². The van der Waals surface area contributed by atoms with Crippen LogP contribution in [0.2, 0.25) is 0 Å². The molecule has 2 aliphatic heterocycles. The fraction of sp³-hybridized carbons (Fsp3) is 0.500. The van der Waals surface area contributed by atoms with Gasteiger partial charge in [0.15, 0.2) is 0 Å². The van der Waals surface area contributed by atoms with E-state index in [-0.39, 0.29) is 18.1 Å². The van der Waals surface area contributed by atoms with Gasteiger partial charge in [0.2, 0.25) is 0 Å². The minimum Gasteiger partial charge on any atom is -0.478 e. The average molecular weight is 462 g/mol. The van der Waals surface area contributed by atoms with Crippen LogP contribution in [0.4, 0.5) is 4.79 Å². The van der Waals surface area contributed by atoms with Crippen LogP contribution in [-0.2, 0) is 6.54 Å². The Morgan fingerprint density at radius 2 is 1.53 bits per heavy atom. The number of nitrogens with zero attached hydrogens (tertiary/aromatic N) is 3. The third-order valence-electron chi connectivity index (χ3n) is 7.93. The fourth-order valence-electron chi connectivity index (χ4n) is 6.05. The molecule has 1 aliphatic carbocycles. The first kappa shape index (κ1) is 22.9. The van der Waals surface area contributed by atoms with Gasteiger partial charge in [0.05, 0.1) is 11.6 Å². The van der Waals surface area contributed by atoms with Crippen LogP contribution in [0.25, 0.3) is 0 Å². The normalized spacial score (nSPS) is 22.9. The molecule has 2 saturated heterocycles. The second kappa shape index (κ2) is 10.2. The van der Waals surface area contributed by atoms with Crippen molar-refractivity contribution >= 4 is 12.0 Å². The Hall–Kier alpha value is -2.86. The molecule has 0 aromatic heterocycles. The SMILES string of the molecule is O=C(O)c1ccc(CN2CCC(N3C(=O)N(C4CCCCC4)C[C@H]3c3ccccc3)CC2)cc1. The minimum atomic E-state index is -0.891. The molecule has 1 atom stereocenters. The molecule has 0 unspecified atom stereocenters. The molecule has 2 aromatic carbocycles. The van der Waals surface area contributed by atoms with Crippen LogP contribution in [0.5, 0.6) is 0 Å². The number of hydrogen-bond donors (Lipinski definition) is 1. The van der Waals surface area contributed by atoms with E-state index in [2.05, 4.69) is 39.0 Å². The highest BCUT2D eigenvalue weighted by Gasteiger charge is 2.45. The quantitative estimate of drug-likeness (QED) is 0.645. The van der Waals surface area contributed by atoms with Crippen molar-refractivity contribution in [1.29, 1.82) is 0 Å². The summed E-state index contributed by atoms with van der Waals surface area (Å²) in [5.74, 6) is -0.891. The Morgan fingerprint density at radius 1 is 0.853 bits per heavy atom. The number of aromatic carboxylic acids is 1. The highest BCUT2D eigenvalue weighted by Crippen LogP contribution is 2.38. The molecule has 0 spiro atoms. The van der Waals surface area contributed by atoms with E-state index in [0.29, 0.717) is 11.6 Å². The van der Waals surface area contributed by atoms with E-state index in [4.69, 9.17) is 5.11 Å². The summed E-state index contributed by atoms with van der Waals surface area (Å²) in [7, 11) is 0. The summed E-state index contributed by atoms with van der Waals surface area (Å²) in [4.78, 5) is 31.7. The lowest BCUT2D eigenvalue weighted by atomic mass is 9.94. The van der Waals surface area contributed by atoms with Gasteiger partial charge in [-0.05, 0) is 48.9 Å². The summed E-state index contributed by atoms with van der Waals surface area (Å²) >= 11 is 0. The molecule has 5 rings (SSSR count). The zero-order valence-corrected chi connectivity index (χ0v) is 19.8. The molecule has 2 amide bonds. The predicted octanol–water partition coefficient (Wildman–Crippen LogP) is 5.16. The van der Waals surface area contributed by atoms with E-state index in [9.17, 15) is 9.59 Å². The third kappa shape index (κ3) is 4.83. The van der Waals surface area contributed by atoms with Crippen LogP contribution in [0.15, 0.2) is 54.6 Å². The Labute approximate surface area is 202 Å². The number of amides is 2. The van der Waals surface area contributed by atoms with Gasteiger partial charge in [-0.2, -0.15) is 0 Å². The highest BCUT2D eigenvalue weighted by molar-refractivity contribution is 5.87. The number of piperidine rings is 1. The molecular formula is C28H35N3O3. The first-order valence-corrected chi connectivity index (χ1v) is 12.8. The molecule has 0 bridgehead atoms. The maximum atomic E-state index is 13.7. The van der Waals surface area contributed by atoms with Crippen LogP contribution in [0.3, 0.4) is 0 Å². The van der Waals surface area contributed by atoms with Gasteiger partial charge < -0.3 is 14.9 Å². The second-order valence-electron chi connectivity index (χ2n) is 10.1. The average Bonchev–Trinajstić information content (AvgIpc) is 3.23. The lowest BCUT2D eigenvalue weighted by Gasteiger charge is -2.39. The number of hydrogen-bond acceptors (Lipinski definition) is 3. The highest BCUT2D eigenvalue weighted by atomic mass is 16.4. The van der Waals surface area contributed by atoms with Crippen LogP contribution >= 0.6 is 0 Å². The summed E-state index contributed by atoms with van der Waals surface area (Å²) in [6.07, 6.45) is 7.98. The molecular weight excluding hydrogens is 426 g/mol. The Morgan fingerprint density at radius 3 is 2.18 bits per heavy atom. The van der Waals surface area contributed by atoms with Gasteiger partial charge in [0.1, 0.15) is 0 Å². The number of urea groups is 1. The fourth-order valence-corrected chi connectivity index (χ4v) is 6.05. The molecule has 0 radical (unpaired) electrons. The van der Waals surface area contributed by atoms with Crippen molar-refractivity contribution < 1.29 is 14.7 Å². The standard InChI is InChI=1S/C28H35N3O3/c32-27(33)23-13-11-21(12-14-23)19-29-17-15-25(16-18-29)31-26(22-7-3-1-4-8-22)20-30(28(31)34)24-9-5-2-6-10-24/h1,3-4,7-8,11-14,24-26H,2,5-6,9-10,15-20H2,(H,32,33)/t26-/m0/s1. The van der Waals surface area contributed by atoms with E-state index in [0.717, 1.165) is 57.4 Å². The van der Waals surface area contributed by atoms with Crippen molar-refractivity contribution in [3.05, 3.63) is 71.3 Å². The molecule has 6 heteroatoms. The zero-order valence-electron chi connectivity index (χ0n) is 19.8. The topological polar surface area (TPSA) is 64.1 Å². The summed E-state index contributed by atoms with van der Waals surface area (Å²) in [5, 5.41) is 9.11. The van der Waals surface area contributed by atoms with Crippen molar-refractivity contribution in [2.24, 2.45) is 0 Å². The molecule has 180 valence electrons. The number of carbonyl (C=O) groups excluding carboxylic acids is 1. The molecule has 2 aromatic rings. The van der Waals surface area contributed by atoms with Crippen molar-refractivity contribution in [1.82, 2.24) is 14.7 Å². The van der Waals surface area contributed by atoms with Crippen molar-refractivity contribution in [2.75, 3.05) is 19.6 Å². The first-order chi connectivity index (χ1) is 16.6. The van der Waals surface area contributed by atoms with Crippen molar-refractivity contribution in [3.63, 3.8) is 0 Å². The predicted molar refractivity (Wildman–Crippen MR) is 132 cm³/mol. The minimum absolute atomic E-state index is 0.135.